The van der Waals surface area contributed by atoms with Gasteiger partial charge < -0.3 is 14.8 Å². The summed E-state index contributed by atoms with van der Waals surface area (Å²) >= 11 is 6.26. The van der Waals surface area contributed by atoms with Gasteiger partial charge in [0.15, 0.2) is 11.5 Å². The van der Waals surface area contributed by atoms with Gasteiger partial charge in [-0.1, -0.05) is 11.6 Å². The molecule has 0 atom stereocenters. The SMILES string of the molecule is C#CCCOc1c(Cl)cc(CNC(C)(C)C)cc1OC. The lowest BCUT2D eigenvalue weighted by atomic mass is 10.1. The summed E-state index contributed by atoms with van der Waals surface area (Å²) in [5.74, 6) is 3.69. The van der Waals surface area contributed by atoms with E-state index < -0.39 is 0 Å². The number of nitrogens with one attached hydrogen (secondary N) is 1. The molecule has 1 N–H and O–H groups in total. The van der Waals surface area contributed by atoms with E-state index in [1.165, 1.54) is 0 Å². The first-order valence-corrected chi connectivity index (χ1v) is 6.93. The largest absolute Gasteiger partial charge is 0.493 e. The topological polar surface area (TPSA) is 30.5 Å². The van der Waals surface area contributed by atoms with Crippen molar-refractivity contribution >= 4 is 11.6 Å². The highest BCUT2D eigenvalue weighted by molar-refractivity contribution is 6.32. The fourth-order valence-corrected chi connectivity index (χ4v) is 1.88. The number of ether oxygens (including phenoxy) is 2. The zero-order valence-corrected chi connectivity index (χ0v) is 13.3. The van der Waals surface area contributed by atoms with Crippen LogP contribution in [0.15, 0.2) is 12.1 Å². The number of hydrogen-bond donors (Lipinski definition) is 1. The summed E-state index contributed by atoms with van der Waals surface area (Å²) in [7, 11) is 1.60. The van der Waals surface area contributed by atoms with E-state index in [2.05, 4.69) is 32.0 Å². The summed E-state index contributed by atoms with van der Waals surface area (Å²) in [5, 5.41) is 3.94. The third kappa shape index (κ3) is 5.32. The van der Waals surface area contributed by atoms with Gasteiger partial charge in [-0.3, -0.25) is 0 Å². The molecule has 0 aromatic heterocycles. The van der Waals surface area contributed by atoms with Crippen molar-refractivity contribution in [2.24, 2.45) is 0 Å². The van der Waals surface area contributed by atoms with Gasteiger partial charge in [-0.25, -0.2) is 0 Å². The molecule has 0 unspecified atom stereocenters. The van der Waals surface area contributed by atoms with E-state index in [9.17, 15) is 0 Å². The van der Waals surface area contributed by atoms with Crippen LogP contribution in [0.25, 0.3) is 0 Å². The van der Waals surface area contributed by atoms with E-state index in [0.717, 1.165) is 5.56 Å². The van der Waals surface area contributed by atoms with Crippen LogP contribution in [0.2, 0.25) is 5.02 Å². The van der Waals surface area contributed by atoms with E-state index in [4.69, 9.17) is 27.5 Å². The van der Waals surface area contributed by atoms with Gasteiger partial charge in [0.1, 0.15) is 0 Å². The number of hydrogen-bond acceptors (Lipinski definition) is 3. The van der Waals surface area contributed by atoms with Gasteiger partial charge in [0.05, 0.1) is 18.7 Å². The maximum Gasteiger partial charge on any atom is 0.179 e. The maximum absolute atomic E-state index is 6.26. The highest BCUT2D eigenvalue weighted by atomic mass is 35.5. The van der Waals surface area contributed by atoms with E-state index in [1.807, 2.05) is 12.1 Å². The molecular formula is C16H22ClNO2. The van der Waals surface area contributed by atoms with Crippen molar-refractivity contribution in [1.29, 1.82) is 0 Å². The number of terminal acetylenes is 1. The molecule has 0 radical (unpaired) electrons. The van der Waals surface area contributed by atoms with E-state index in [-0.39, 0.29) is 5.54 Å². The molecule has 20 heavy (non-hydrogen) atoms. The fraction of sp³-hybridized carbons (Fsp3) is 0.500. The minimum absolute atomic E-state index is 0.0433. The Morgan fingerprint density at radius 1 is 1.35 bits per heavy atom. The molecule has 4 heteroatoms. The third-order valence-electron chi connectivity index (χ3n) is 2.60. The van der Waals surface area contributed by atoms with E-state index in [0.29, 0.717) is 36.1 Å². The second kappa shape index (κ2) is 7.42. The predicted molar refractivity (Wildman–Crippen MR) is 83.5 cm³/mol. The lowest BCUT2D eigenvalue weighted by Gasteiger charge is -2.21. The summed E-state index contributed by atoms with van der Waals surface area (Å²) in [6.45, 7) is 7.48. The molecule has 1 rings (SSSR count). The first kappa shape index (κ1) is 16.7. The van der Waals surface area contributed by atoms with Gasteiger partial charge >= 0.3 is 0 Å². The number of benzene rings is 1. The molecule has 0 aliphatic carbocycles. The highest BCUT2D eigenvalue weighted by Crippen LogP contribution is 2.36. The number of methoxy groups -OCH3 is 1. The normalized spacial score (nSPS) is 11.0. The van der Waals surface area contributed by atoms with Gasteiger partial charge in [-0.15, -0.1) is 12.3 Å². The Hall–Kier alpha value is -1.37. The average molecular weight is 296 g/mol. The van der Waals surface area contributed by atoms with E-state index >= 15 is 0 Å². The Labute approximate surface area is 126 Å². The minimum atomic E-state index is 0.0433. The second-order valence-corrected chi connectivity index (χ2v) is 5.92. The van der Waals surface area contributed by atoms with Crippen molar-refractivity contribution in [2.45, 2.75) is 39.3 Å². The molecule has 3 nitrogen and oxygen atoms in total. The van der Waals surface area contributed by atoms with Gasteiger partial charge in [-0.05, 0) is 38.5 Å². The smallest absolute Gasteiger partial charge is 0.179 e. The maximum atomic E-state index is 6.26. The van der Waals surface area contributed by atoms with Gasteiger partial charge in [-0.2, -0.15) is 0 Å². The first-order valence-electron chi connectivity index (χ1n) is 6.55. The van der Waals surface area contributed by atoms with Crippen molar-refractivity contribution in [2.75, 3.05) is 13.7 Å². The molecule has 0 bridgehead atoms. The van der Waals surface area contributed by atoms with Crippen LogP contribution in [-0.4, -0.2) is 19.3 Å². The van der Waals surface area contributed by atoms with Gasteiger partial charge in [0.2, 0.25) is 0 Å². The van der Waals surface area contributed by atoms with Crippen LogP contribution < -0.4 is 14.8 Å². The van der Waals surface area contributed by atoms with Gasteiger partial charge in [0, 0.05) is 18.5 Å². The Bertz CT molecular complexity index is 486. The van der Waals surface area contributed by atoms with Crippen molar-refractivity contribution in [1.82, 2.24) is 5.32 Å². The fourth-order valence-electron chi connectivity index (χ4n) is 1.59. The monoisotopic (exact) mass is 295 g/mol. The summed E-state index contributed by atoms with van der Waals surface area (Å²) in [6, 6.07) is 3.81. The molecule has 1 aromatic carbocycles. The quantitative estimate of drug-likeness (QED) is 0.642. The van der Waals surface area contributed by atoms with Gasteiger partial charge in [0.25, 0.3) is 0 Å². The van der Waals surface area contributed by atoms with Crippen LogP contribution in [0.3, 0.4) is 0 Å². The summed E-state index contributed by atoms with van der Waals surface area (Å²) in [4.78, 5) is 0. The Morgan fingerprint density at radius 3 is 2.60 bits per heavy atom. The molecule has 0 aliphatic rings. The second-order valence-electron chi connectivity index (χ2n) is 5.52. The van der Waals surface area contributed by atoms with Crippen LogP contribution in [0.4, 0.5) is 0 Å². The molecule has 0 fully saturated rings. The molecule has 0 saturated heterocycles. The highest BCUT2D eigenvalue weighted by Gasteiger charge is 2.14. The van der Waals surface area contributed by atoms with Crippen molar-refractivity contribution < 1.29 is 9.47 Å². The Balaban J connectivity index is 2.87. The number of halogens is 1. The van der Waals surface area contributed by atoms with E-state index in [1.54, 1.807) is 7.11 Å². The van der Waals surface area contributed by atoms with Crippen LogP contribution in [0.1, 0.15) is 32.8 Å². The summed E-state index contributed by atoms with van der Waals surface area (Å²) in [5.41, 5.74) is 1.09. The lowest BCUT2D eigenvalue weighted by Crippen LogP contribution is -2.35. The molecule has 0 spiro atoms. The molecule has 1 aromatic rings. The molecule has 0 saturated carbocycles. The van der Waals surface area contributed by atoms with Crippen LogP contribution in [-0.2, 0) is 6.54 Å². The Kier molecular flexibility index (Phi) is 6.19. The predicted octanol–water partition coefficient (Wildman–Crippen LogP) is 3.64. The molecule has 110 valence electrons. The standard InChI is InChI=1S/C16H22ClNO2/c1-6-7-8-20-15-13(17)9-12(10-14(15)19-5)11-18-16(2,3)4/h1,9-10,18H,7-8,11H2,2-5H3. The number of rotatable bonds is 6. The van der Waals surface area contributed by atoms with Crippen LogP contribution in [0.5, 0.6) is 11.5 Å². The van der Waals surface area contributed by atoms with Crippen molar-refractivity contribution in [3.05, 3.63) is 22.7 Å². The van der Waals surface area contributed by atoms with Crippen LogP contribution >= 0.6 is 11.6 Å². The van der Waals surface area contributed by atoms with Crippen LogP contribution in [0, 0.1) is 12.3 Å². The minimum Gasteiger partial charge on any atom is -0.493 e. The molecule has 0 heterocycles. The molecule has 0 aliphatic heterocycles. The Morgan fingerprint density at radius 2 is 2.05 bits per heavy atom. The zero-order valence-electron chi connectivity index (χ0n) is 12.5. The first-order chi connectivity index (χ1) is 9.37. The molecule has 0 amide bonds. The molecular weight excluding hydrogens is 274 g/mol. The summed E-state index contributed by atoms with van der Waals surface area (Å²) < 4.78 is 10.9. The van der Waals surface area contributed by atoms with Crippen molar-refractivity contribution in [3.8, 4) is 23.8 Å². The average Bonchev–Trinajstić information content (AvgIpc) is 2.37. The summed E-state index contributed by atoms with van der Waals surface area (Å²) in [6.07, 6.45) is 5.74. The third-order valence-corrected chi connectivity index (χ3v) is 2.89. The lowest BCUT2D eigenvalue weighted by molar-refractivity contribution is 0.301. The van der Waals surface area contributed by atoms with Crippen molar-refractivity contribution in [3.63, 3.8) is 0 Å². The zero-order chi connectivity index (χ0) is 15.2.